The summed E-state index contributed by atoms with van der Waals surface area (Å²) in [6.07, 6.45) is 11.7. The molecule has 2 unspecified atom stereocenters. The zero-order valence-electron chi connectivity index (χ0n) is 16.3. The third kappa shape index (κ3) is 10.6. The summed E-state index contributed by atoms with van der Waals surface area (Å²) in [6.45, 7) is 9.77. The van der Waals surface area contributed by atoms with Crippen molar-refractivity contribution in [2.75, 3.05) is 6.61 Å². The summed E-state index contributed by atoms with van der Waals surface area (Å²) < 4.78 is 14.7. The third-order valence-electron chi connectivity index (χ3n) is 4.05. The van der Waals surface area contributed by atoms with Crippen molar-refractivity contribution < 1.29 is 14.4 Å². The Hall–Kier alpha value is -0.230. The molecule has 0 aliphatic carbocycles. The van der Waals surface area contributed by atoms with E-state index in [1.807, 2.05) is 20.8 Å². The second-order valence-corrected chi connectivity index (χ2v) is 9.66. The van der Waals surface area contributed by atoms with Crippen molar-refractivity contribution in [2.45, 2.75) is 102 Å². The number of hydrogen-bond donors (Lipinski definition) is 3. The van der Waals surface area contributed by atoms with Crippen LogP contribution < -0.4 is 4.72 Å². The van der Waals surface area contributed by atoms with E-state index in [0.717, 1.165) is 25.7 Å². The maximum atomic E-state index is 12.1. The van der Waals surface area contributed by atoms with Gasteiger partial charge in [0.05, 0.1) is 34.0 Å². The summed E-state index contributed by atoms with van der Waals surface area (Å²) in [5.41, 5.74) is -0.834. The molecule has 0 heterocycles. The van der Waals surface area contributed by atoms with Gasteiger partial charge in [-0.25, -0.2) is 8.93 Å². The van der Waals surface area contributed by atoms with Gasteiger partial charge in [-0.05, 0) is 33.6 Å². The number of hydrogen-bond acceptors (Lipinski definition) is 3. The predicted molar refractivity (Wildman–Crippen MR) is 104 cm³/mol. The number of unbranched alkanes of at least 4 members (excludes halogenated alkanes) is 4. The molecule has 0 amide bonds. The van der Waals surface area contributed by atoms with Crippen LogP contribution in [0.5, 0.6) is 0 Å². The van der Waals surface area contributed by atoms with Crippen molar-refractivity contribution in [3.8, 4) is 0 Å². The maximum absolute atomic E-state index is 12.1. The fourth-order valence-electron chi connectivity index (χ4n) is 2.51. The van der Waals surface area contributed by atoms with Gasteiger partial charge in [0.2, 0.25) is 0 Å². The normalized spacial score (nSPS) is 17.8. The van der Waals surface area contributed by atoms with E-state index in [1.165, 1.54) is 19.3 Å². The van der Waals surface area contributed by atoms with Crippen molar-refractivity contribution in [2.24, 2.45) is 0 Å². The molecule has 0 aliphatic rings. The fraction of sp³-hybridized carbons (Fsp3) is 0.895. The molecule has 0 saturated carbocycles. The minimum Gasteiger partial charge on any atom is -0.394 e. The van der Waals surface area contributed by atoms with Crippen molar-refractivity contribution in [3.05, 3.63) is 12.2 Å². The van der Waals surface area contributed by atoms with Crippen molar-refractivity contribution in [1.82, 2.24) is 4.72 Å². The van der Waals surface area contributed by atoms with Gasteiger partial charge in [0.1, 0.15) is 0 Å². The molecule has 144 valence electrons. The van der Waals surface area contributed by atoms with Gasteiger partial charge in [-0.1, -0.05) is 64.5 Å². The van der Waals surface area contributed by atoms with Crippen molar-refractivity contribution >= 4 is 11.0 Å². The van der Waals surface area contributed by atoms with E-state index < -0.39 is 22.6 Å². The quantitative estimate of drug-likeness (QED) is 0.345. The Morgan fingerprint density at radius 1 is 1.04 bits per heavy atom. The third-order valence-corrected chi connectivity index (χ3v) is 5.68. The van der Waals surface area contributed by atoms with Gasteiger partial charge in [0, 0.05) is 0 Å². The number of rotatable bonds is 13. The van der Waals surface area contributed by atoms with E-state index in [-0.39, 0.29) is 11.4 Å². The van der Waals surface area contributed by atoms with Crippen LogP contribution in [0.1, 0.15) is 86.0 Å². The van der Waals surface area contributed by atoms with Gasteiger partial charge >= 0.3 is 0 Å². The first-order valence-electron chi connectivity index (χ1n) is 9.39. The molecule has 0 bridgehead atoms. The lowest BCUT2D eigenvalue weighted by Crippen LogP contribution is -2.41. The molecular weight excluding hydrogens is 322 g/mol. The molecule has 0 aromatic heterocycles. The summed E-state index contributed by atoms with van der Waals surface area (Å²) in [6, 6.07) is -0.409. The van der Waals surface area contributed by atoms with Crippen LogP contribution in [0.15, 0.2) is 12.2 Å². The van der Waals surface area contributed by atoms with Crippen LogP contribution in [0, 0.1) is 0 Å². The predicted octanol–water partition coefficient (Wildman–Crippen LogP) is 3.85. The SMILES string of the molecule is CCCCCCCC(O)(C=C[C@@H](CO)NS(=O)C(C)(C)C)CCC. The second kappa shape index (κ2) is 12.2. The molecule has 0 radical (unpaired) electrons. The number of nitrogens with one attached hydrogen (secondary N) is 1. The largest absolute Gasteiger partial charge is 0.394 e. The topological polar surface area (TPSA) is 69.6 Å². The van der Waals surface area contributed by atoms with Crippen LogP contribution in [0.4, 0.5) is 0 Å². The zero-order chi connectivity index (χ0) is 18.6. The first-order valence-corrected chi connectivity index (χ1v) is 10.5. The Kier molecular flexibility index (Phi) is 12.1. The van der Waals surface area contributed by atoms with E-state index in [0.29, 0.717) is 6.42 Å². The molecule has 3 atom stereocenters. The molecular formula is C19H39NO3S. The lowest BCUT2D eigenvalue weighted by molar-refractivity contribution is 0.0678. The smallest absolute Gasteiger partial charge is 0.0976 e. The van der Waals surface area contributed by atoms with Crippen LogP contribution in [-0.2, 0) is 11.0 Å². The molecule has 24 heavy (non-hydrogen) atoms. The molecule has 0 aliphatic heterocycles. The highest BCUT2D eigenvalue weighted by Gasteiger charge is 2.24. The van der Waals surface area contributed by atoms with E-state index in [1.54, 1.807) is 12.2 Å². The maximum Gasteiger partial charge on any atom is 0.0976 e. The highest BCUT2D eigenvalue weighted by Crippen LogP contribution is 2.23. The van der Waals surface area contributed by atoms with Gasteiger partial charge in [-0.2, -0.15) is 0 Å². The number of aliphatic hydroxyl groups is 2. The van der Waals surface area contributed by atoms with Crippen LogP contribution in [-0.4, -0.2) is 37.4 Å². The highest BCUT2D eigenvalue weighted by molar-refractivity contribution is 7.84. The van der Waals surface area contributed by atoms with Crippen LogP contribution in [0.3, 0.4) is 0 Å². The fourth-order valence-corrected chi connectivity index (χ4v) is 3.29. The van der Waals surface area contributed by atoms with Crippen LogP contribution >= 0.6 is 0 Å². The summed E-state index contributed by atoms with van der Waals surface area (Å²) in [5, 5.41) is 20.3. The summed E-state index contributed by atoms with van der Waals surface area (Å²) in [5.74, 6) is 0. The monoisotopic (exact) mass is 361 g/mol. The summed E-state index contributed by atoms with van der Waals surface area (Å²) >= 11 is 0. The Morgan fingerprint density at radius 2 is 1.67 bits per heavy atom. The average Bonchev–Trinajstić information content (AvgIpc) is 2.50. The molecule has 0 spiro atoms. The van der Waals surface area contributed by atoms with E-state index in [2.05, 4.69) is 18.6 Å². The molecule has 0 aromatic rings. The molecule has 4 nitrogen and oxygen atoms in total. The lowest BCUT2D eigenvalue weighted by atomic mass is 9.90. The first-order chi connectivity index (χ1) is 11.2. The standard InChI is InChI=1S/C19H39NO3S/c1-6-8-9-10-11-14-19(22,13-7-2)15-12-17(16-21)20-24(23)18(3,4)5/h12,15,17,20-22H,6-11,13-14,16H2,1-5H3/t17-,19?,24?/m0/s1. The van der Waals surface area contributed by atoms with Crippen LogP contribution in [0.25, 0.3) is 0 Å². The van der Waals surface area contributed by atoms with Gasteiger partial charge in [-0.3, -0.25) is 0 Å². The zero-order valence-corrected chi connectivity index (χ0v) is 17.1. The molecule has 0 fully saturated rings. The Bertz CT molecular complexity index is 379. The van der Waals surface area contributed by atoms with Crippen LogP contribution in [0.2, 0.25) is 0 Å². The van der Waals surface area contributed by atoms with Crippen molar-refractivity contribution in [1.29, 1.82) is 0 Å². The van der Waals surface area contributed by atoms with Gasteiger partial charge < -0.3 is 10.2 Å². The van der Waals surface area contributed by atoms with Gasteiger partial charge in [0.25, 0.3) is 0 Å². The Labute approximate surface area is 151 Å². The van der Waals surface area contributed by atoms with E-state index in [9.17, 15) is 14.4 Å². The van der Waals surface area contributed by atoms with E-state index >= 15 is 0 Å². The summed E-state index contributed by atoms with van der Waals surface area (Å²) in [7, 11) is -1.25. The Balaban J connectivity index is 4.68. The molecule has 0 rings (SSSR count). The van der Waals surface area contributed by atoms with Gasteiger partial charge in [0.15, 0.2) is 0 Å². The lowest BCUT2D eigenvalue weighted by Gasteiger charge is -2.26. The van der Waals surface area contributed by atoms with Crippen molar-refractivity contribution in [3.63, 3.8) is 0 Å². The minimum atomic E-state index is -1.25. The highest BCUT2D eigenvalue weighted by atomic mass is 32.2. The minimum absolute atomic E-state index is 0.142. The molecule has 5 heteroatoms. The molecule has 3 N–H and O–H groups in total. The van der Waals surface area contributed by atoms with E-state index in [4.69, 9.17) is 0 Å². The number of aliphatic hydroxyl groups excluding tert-OH is 1. The van der Waals surface area contributed by atoms with Gasteiger partial charge in [-0.15, -0.1) is 0 Å². The molecule has 0 aromatic carbocycles. The molecule has 0 saturated heterocycles. The summed E-state index contributed by atoms with van der Waals surface area (Å²) in [4.78, 5) is 0. The second-order valence-electron chi connectivity index (χ2n) is 7.66. The average molecular weight is 362 g/mol. The first kappa shape index (κ1) is 23.8. The Morgan fingerprint density at radius 3 is 2.17 bits per heavy atom.